The van der Waals surface area contributed by atoms with Crippen LogP contribution in [0.25, 0.3) is 5.57 Å². The quantitative estimate of drug-likeness (QED) is 0.840. The van der Waals surface area contributed by atoms with Gasteiger partial charge in [0.25, 0.3) is 0 Å². The molecule has 3 rings (SSSR count). The average molecular weight is 305 g/mol. The van der Waals surface area contributed by atoms with E-state index in [0.29, 0.717) is 12.8 Å². The highest BCUT2D eigenvalue weighted by Crippen LogP contribution is 2.43. The second kappa shape index (κ2) is 6.20. The molecule has 2 unspecified atom stereocenters. The standard InChI is InChI=1S/C17H20FNO3/c1-3-14(19-21-2)16-13(10-4-6-11(18)7-5-10)8-12-9-15(20)17(16)22-12/h3-7,12,15,17,19-20H,8-9H2,1-2H3/t12?,15?,17-/m0/s1. The summed E-state index contributed by atoms with van der Waals surface area (Å²) in [5.74, 6) is -0.262. The van der Waals surface area contributed by atoms with Crippen molar-refractivity contribution in [3.8, 4) is 0 Å². The normalized spacial score (nSPS) is 28.2. The molecule has 2 aliphatic rings. The summed E-state index contributed by atoms with van der Waals surface area (Å²) in [6, 6.07) is 6.43. The van der Waals surface area contributed by atoms with Gasteiger partial charge in [0.15, 0.2) is 0 Å². The van der Waals surface area contributed by atoms with Crippen molar-refractivity contribution in [2.24, 2.45) is 0 Å². The fraction of sp³-hybridized carbons (Fsp3) is 0.412. The molecular weight excluding hydrogens is 285 g/mol. The number of benzene rings is 1. The molecule has 0 saturated carbocycles. The molecule has 3 atom stereocenters. The molecule has 2 bridgehead atoms. The SMILES string of the molecule is CC=C(NOC)C1=C(c2ccc(F)cc2)CC2CC(O)[C@@H]1O2. The molecule has 4 nitrogen and oxygen atoms in total. The van der Waals surface area contributed by atoms with Gasteiger partial charge in [-0.15, -0.1) is 0 Å². The van der Waals surface area contributed by atoms with Gasteiger partial charge in [0.2, 0.25) is 0 Å². The molecule has 2 aliphatic heterocycles. The molecule has 0 amide bonds. The largest absolute Gasteiger partial charge is 0.390 e. The van der Waals surface area contributed by atoms with Gasteiger partial charge in [-0.05, 0) is 36.6 Å². The third kappa shape index (κ3) is 2.67. The van der Waals surface area contributed by atoms with Gasteiger partial charge in [0.1, 0.15) is 11.9 Å². The third-order valence-corrected chi connectivity index (χ3v) is 4.22. The van der Waals surface area contributed by atoms with Crippen molar-refractivity contribution in [3.63, 3.8) is 0 Å². The minimum absolute atomic E-state index is 0.00412. The van der Waals surface area contributed by atoms with Crippen LogP contribution in [0.15, 0.2) is 41.6 Å². The Balaban J connectivity index is 2.10. The zero-order valence-electron chi connectivity index (χ0n) is 12.7. The van der Waals surface area contributed by atoms with Crippen LogP contribution in [0.1, 0.15) is 25.3 Å². The number of ether oxygens (including phenoxy) is 1. The topological polar surface area (TPSA) is 50.7 Å². The summed E-state index contributed by atoms with van der Waals surface area (Å²) in [6.45, 7) is 1.89. The molecule has 1 fully saturated rings. The van der Waals surface area contributed by atoms with E-state index in [1.165, 1.54) is 12.1 Å². The lowest BCUT2D eigenvalue weighted by molar-refractivity contribution is 0.0253. The van der Waals surface area contributed by atoms with Gasteiger partial charge < -0.3 is 9.84 Å². The summed E-state index contributed by atoms with van der Waals surface area (Å²) in [5.41, 5.74) is 6.52. The summed E-state index contributed by atoms with van der Waals surface area (Å²) in [6.07, 6.45) is 2.28. The summed E-state index contributed by atoms with van der Waals surface area (Å²) in [5, 5.41) is 10.3. The Morgan fingerprint density at radius 2 is 2.14 bits per heavy atom. The van der Waals surface area contributed by atoms with Crippen LogP contribution in [0.4, 0.5) is 4.39 Å². The minimum Gasteiger partial charge on any atom is -0.390 e. The maximum absolute atomic E-state index is 13.2. The van der Waals surface area contributed by atoms with Crippen molar-refractivity contribution >= 4 is 5.57 Å². The maximum Gasteiger partial charge on any atom is 0.123 e. The van der Waals surface area contributed by atoms with E-state index in [4.69, 9.17) is 9.57 Å². The van der Waals surface area contributed by atoms with Gasteiger partial charge in [-0.2, -0.15) is 0 Å². The number of nitrogens with one attached hydrogen (secondary N) is 1. The maximum atomic E-state index is 13.2. The first-order chi connectivity index (χ1) is 10.6. The number of allylic oxidation sites excluding steroid dienone is 1. The Morgan fingerprint density at radius 3 is 2.77 bits per heavy atom. The lowest BCUT2D eigenvalue weighted by Gasteiger charge is -2.29. The molecule has 0 aliphatic carbocycles. The van der Waals surface area contributed by atoms with Gasteiger partial charge in [-0.1, -0.05) is 18.2 Å². The van der Waals surface area contributed by atoms with E-state index in [1.807, 2.05) is 13.0 Å². The lowest BCUT2D eigenvalue weighted by atomic mass is 9.90. The van der Waals surface area contributed by atoms with Crippen LogP contribution in [-0.4, -0.2) is 30.5 Å². The van der Waals surface area contributed by atoms with Crippen molar-refractivity contribution in [2.75, 3.05) is 7.11 Å². The summed E-state index contributed by atoms with van der Waals surface area (Å²) < 4.78 is 19.1. The Kier molecular flexibility index (Phi) is 4.29. The highest BCUT2D eigenvalue weighted by molar-refractivity contribution is 5.75. The van der Waals surface area contributed by atoms with Gasteiger partial charge in [-0.3, -0.25) is 10.3 Å². The van der Waals surface area contributed by atoms with Crippen molar-refractivity contribution in [1.82, 2.24) is 5.48 Å². The van der Waals surface area contributed by atoms with E-state index in [-0.39, 0.29) is 18.0 Å². The first kappa shape index (κ1) is 15.2. The lowest BCUT2D eigenvalue weighted by Crippen LogP contribution is -2.31. The molecule has 5 heteroatoms. The molecule has 118 valence electrons. The number of rotatable bonds is 4. The van der Waals surface area contributed by atoms with Gasteiger partial charge in [-0.25, -0.2) is 4.39 Å². The molecule has 22 heavy (non-hydrogen) atoms. The fourth-order valence-electron chi connectivity index (χ4n) is 3.27. The van der Waals surface area contributed by atoms with E-state index in [9.17, 15) is 9.50 Å². The summed E-state index contributed by atoms with van der Waals surface area (Å²) in [4.78, 5) is 5.04. The van der Waals surface area contributed by atoms with Crippen LogP contribution < -0.4 is 5.48 Å². The van der Waals surface area contributed by atoms with Crippen LogP contribution in [0.3, 0.4) is 0 Å². The number of halogens is 1. The molecule has 0 radical (unpaired) electrons. The van der Waals surface area contributed by atoms with Crippen LogP contribution in [0.5, 0.6) is 0 Å². The highest BCUT2D eigenvalue weighted by atomic mass is 19.1. The van der Waals surface area contributed by atoms with Crippen molar-refractivity contribution in [2.45, 2.75) is 38.1 Å². The van der Waals surface area contributed by atoms with Crippen LogP contribution in [0, 0.1) is 5.82 Å². The van der Waals surface area contributed by atoms with E-state index in [2.05, 4.69) is 5.48 Å². The molecule has 0 spiro atoms. The van der Waals surface area contributed by atoms with E-state index in [1.54, 1.807) is 19.2 Å². The van der Waals surface area contributed by atoms with Gasteiger partial charge in [0.05, 0.1) is 25.0 Å². The predicted molar refractivity (Wildman–Crippen MR) is 81.1 cm³/mol. The Hall–Kier alpha value is -1.69. The monoisotopic (exact) mass is 305 g/mol. The molecule has 0 aromatic heterocycles. The smallest absolute Gasteiger partial charge is 0.123 e. The van der Waals surface area contributed by atoms with E-state index < -0.39 is 6.10 Å². The summed E-state index contributed by atoms with van der Waals surface area (Å²) >= 11 is 0. The molecule has 1 saturated heterocycles. The number of aliphatic hydroxyl groups excluding tert-OH is 1. The Morgan fingerprint density at radius 1 is 1.41 bits per heavy atom. The summed E-state index contributed by atoms with van der Waals surface area (Å²) in [7, 11) is 1.54. The van der Waals surface area contributed by atoms with E-state index in [0.717, 1.165) is 22.4 Å². The minimum atomic E-state index is -0.536. The molecule has 2 N–H and O–H groups in total. The van der Waals surface area contributed by atoms with Crippen LogP contribution in [-0.2, 0) is 9.57 Å². The van der Waals surface area contributed by atoms with Crippen LogP contribution in [0.2, 0.25) is 0 Å². The number of aliphatic hydroxyl groups is 1. The molecule has 1 aromatic rings. The number of hydrogen-bond acceptors (Lipinski definition) is 4. The number of hydrogen-bond donors (Lipinski definition) is 2. The molecule has 2 heterocycles. The van der Waals surface area contributed by atoms with Crippen LogP contribution >= 0.6 is 0 Å². The second-order valence-corrected chi connectivity index (χ2v) is 5.59. The highest BCUT2D eigenvalue weighted by Gasteiger charge is 2.43. The van der Waals surface area contributed by atoms with Crippen molar-refractivity contribution in [1.29, 1.82) is 0 Å². The van der Waals surface area contributed by atoms with Crippen molar-refractivity contribution in [3.05, 3.63) is 53.0 Å². The average Bonchev–Trinajstić information content (AvgIpc) is 2.81. The molecule has 1 aromatic carbocycles. The fourth-order valence-corrected chi connectivity index (χ4v) is 3.27. The Bertz CT molecular complexity index is 609. The predicted octanol–water partition coefficient (Wildman–Crippen LogP) is 2.56. The first-order valence-electron chi connectivity index (χ1n) is 7.42. The molecular formula is C17H20FNO3. The Labute approximate surface area is 129 Å². The van der Waals surface area contributed by atoms with Gasteiger partial charge in [0, 0.05) is 12.0 Å². The zero-order valence-corrected chi connectivity index (χ0v) is 12.7. The third-order valence-electron chi connectivity index (χ3n) is 4.22. The number of hydroxylamine groups is 1. The number of fused-ring (bicyclic) bond motifs is 2. The van der Waals surface area contributed by atoms with Crippen molar-refractivity contribution < 1.29 is 19.1 Å². The second-order valence-electron chi connectivity index (χ2n) is 5.59. The zero-order chi connectivity index (χ0) is 15.7. The first-order valence-corrected chi connectivity index (χ1v) is 7.42. The van der Waals surface area contributed by atoms with E-state index >= 15 is 0 Å². The van der Waals surface area contributed by atoms with Gasteiger partial charge >= 0.3 is 0 Å².